The number of aliphatic carboxylic acids is 3. The molecule has 21 heteroatoms. The Morgan fingerprint density at radius 1 is 0.706 bits per heavy atom. The summed E-state index contributed by atoms with van der Waals surface area (Å²) in [5.74, 6) is -8.37. The largest absolute Gasteiger partial charge is 0.490 e. The van der Waals surface area contributed by atoms with Crippen LogP contribution in [0.1, 0.15) is 57.9 Å². The Balaban J connectivity index is -0.000000882. The molecule has 0 heterocycles. The Hall–Kier alpha value is -4.14. The average molecular weight is 761 g/mol. The highest BCUT2D eigenvalue weighted by molar-refractivity contribution is 5.89. The molecule has 0 spiro atoms. The van der Waals surface area contributed by atoms with E-state index in [4.69, 9.17) is 35.4 Å². The summed E-state index contributed by atoms with van der Waals surface area (Å²) < 4.78 is 95.2. The van der Waals surface area contributed by atoms with E-state index in [-0.39, 0.29) is 11.8 Å². The zero-order chi connectivity index (χ0) is 40.6. The lowest BCUT2D eigenvalue weighted by Gasteiger charge is -2.22. The molecule has 0 saturated carbocycles. The standard InChI is InChI=1S/C24H42N4O2.3C2HF3O2/c1-19(2)17-22(24(30)26-15-11-6-5-7-12-16-28(3)4)27-23(29)21(25)18-20-13-9-8-10-14-20;3*3-2(4,5)1(6)7/h8-10,13-14,19,21-22H,5-7,11-12,15-18,25H2,1-4H3,(H,26,30)(H,27,29);3*(H,6,7)/t21-,22-;;;/m0.../s1. The summed E-state index contributed by atoms with van der Waals surface area (Å²) in [5.41, 5.74) is 7.09. The van der Waals surface area contributed by atoms with Crippen LogP contribution in [0.25, 0.3) is 0 Å². The fourth-order valence-electron chi connectivity index (χ4n) is 3.36. The van der Waals surface area contributed by atoms with Crippen molar-refractivity contribution >= 4 is 29.7 Å². The van der Waals surface area contributed by atoms with Crippen LogP contribution < -0.4 is 16.4 Å². The lowest BCUT2D eigenvalue weighted by Crippen LogP contribution is -2.52. The second kappa shape index (κ2) is 25.8. The smallest absolute Gasteiger partial charge is 0.475 e. The number of rotatable bonds is 15. The second-order valence-electron chi connectivity index (χ2n) is 11.3. The predicted octanol–water partition coefficient (Wildman–Crippen LogP) is 4.62. The zero-order valence-electron chi connectivity index (χ0n) is 28.3. The van der Waals surface area contributed by atoms with Gasteiger partial charge in [-0.15, -0.1) is 0 Å². The monoisotopic (exact) mass is 760 g/mol. The van der Waals surface area contributed by atoms with Gasteiger partial charge < -0.3 is 36.6 Å². The summed E-state index contributed by atoms with van der Waals surface area (Å²) in [6, 6.07) is 8.48. The highest BCUT2D eigenvalue weighted by atomic mass is 19.4. The molecule has 12 nitrogen and oxygen atoms in total. The Morgan fingerprint density at radius 3 is 1.47 bits per heavy atom. The van der Waals surface area contributed by atoms with Crippen LogP contribution in [0, 0.1) is 5.92 Å². The number of nitrogens with one attached hydrogen (secondary N) is 2. The van der Waals surface area contributed by atoms with Crippen molar-refractivity contribution in [2.45, 2.75) is 89.4 Å². The number of nitrogens with zero attached hydrogens (tertiary/aromatic N) is 1. The number of hydrogen-bond donors (Lipinski definition) is 6. The van der Waals surface area contributed by atoms with Crippen LogP contribution in [0.4, 0.5) is 39.5 Å². The molecule has 0 unspecified atom stereocenters. The predicted molar refractivity (Wildman–Crippen MR) is 165 cm³/mol. The minimum Gasteiger partial charge on any atom is -0.475 e. The molecule has 0 saturated heterocycles. The van der Waals surface area contributed by atoms with Crippen molar-refractivity contribution in [3.63, 3.8) is 0 Å². The van der Waals surface area contributed by atoms with Gasteiger partial charge in [-0.05, 0) is 57.8 Å². The van der Waals surface area contributed by atoms with E-state index in [2.05, 4.69) is 29.6 Å². The molecule has 51 heavy (non-hydrogen) atoms. The van der Waals surface area contributed by atoms with Crippen LogP contribution >= 0.6 is 0 Å². The van der Waals surface area contributed by atoms with Gasteiger partial charge in [0, 0.05) is 6.54 Å². The van der Waals surface area contributed by atoms with Gasteiger partial charge in [0.1, 0.15) is 6.04 Å². The van der Waals surface area contributed by atoms with Crippen molar-refractivity contribution in [1.82, 2.24) is 15.5 Å². The molecule has 0 bridgehead atoms. The molecule has 296 valence electrons. The Morgan fingerprint density at radius 2 is 1.10 bits per heavy atom. The summed E-state index contributed by atoms with van der Waals surface area (Å²) in [7, 11) is 4.19. The van der Waals surface area contributed by atoms with Crippen molar-refractivity contribution in [3.8, 4) is 0 Å². The Bertz CT molecular complexity index is 1110. The molecule has 0 aliphatic rings. The highest BCUT2D eigenvalue weighted by Crippen LogP contribution is 2.14. The third kappa shape index (κ3) is 31.6. The molecule has 1 rings (SSSR count). The van der Waals surface area contributed by atoms with Gasteiger partial charge in [0.05, 0.1) is 6.04 Å². The fourth-order valence-corrected chi connectivity index (χ4v) is 3.36. The number of benzene rings is 1. The highest BCUT2D eigenvalue weighted by Gasteiger charge is 2.39. The van der Waals surface area contributed by atoms with Crippen molar-refractivity contribution in [2.75, 3.05) is 27.2 Å². The SMILES string of the molecule is CC(C)C[C@H](NC(=O)[C@@H](N)Cc1ccccc1)C(=O)NCCCCCCCN(C)C.O=C(O)C(F)(F)F.O=C(O)C(F)(F)F.O=C(O)C(F)(F)F. The maximum atomic E-state index is 12.6. The molecule has 0 fully saturated rings. The number of carbonyl (C=O) groups is 5. The summed E-state index contributed by atoms with van der Waals surface area (Å²) in [4.78, 5) is 54.1. The maximum Gasteiger partial charge on any atom is 0.490 e. The molecule has 7 N–H and O–H groups in total. The Kier molecular flexibility index (Phi) is 25.9. The number of carboxylic acid groups (broad SMARTS) is 3. The van der Waals surface area contributed by atoms with Crippen LogP contribution in [-0.2, 0) is 30.4 Å². The quantitative estimate of drug-likeness (QED) is 0.108. The molecule has 0 aliphatic heterocycles. The number of halogens is 9. The minimum atomic E-state index is -5.08. The molecule has 0 aliphatic carbocycles. The van der Waals surface area contributed by atoms with E-state index in [1.807, 2.05) is 44.2 Å². The van der Waals surface area contributed by atoms with Crippen LogP contribution in [0.3, 0.4) is 0 Å². The zero-order valence-corrected chi connectivity index (χ0v) is 28.3. The van der Waals surface area contributed by atoms with E-state index in [0.29, 0.717) is 25.3 Å². The van der Waals surface area contributed by atoms with Gasteiger partial charge in [0.2, 0.25) is 11.8 Å². The maximum absolute atomic E-state index is 12.6. The summed E-state index contributed by atoms with van der Waals surface area (Å²) in [6.07, 6.45) is -8.51. The van der Waals surface area contributed by atoms with Crippen molar-refractivity contribution in [2.24, 2.45) is 11.7 Å². The third-order valence-corrected chi connectivity index (χ3v) is 5.78. The summed E-state index contributed by atoms with van der Waals surface area (Å²) in [6.45, 7) is 5.86. The normalized spacial score (nSPS) is 12.5. The lowest BCUT2D eigenvalue weighted by molar-refractivity contribution is -0.193. The van der Waals surface area contributed by atoms with E-state index in [9.17, 15) is 49.1 Å². The minimum absolute atomic E-state index is 0.114. The molecule has 0 aromatic heterocycles. The van der Waals surface area contributed by atoms with Gasteiger partial charge in [-0.1, -0.05) is 63.4 Å². The third-order valence-electron chi connectivity index (χ3n) is 5.78. The van der Waals surface area contributed by atoms with Crippen LogP contribution in [0.2, 0.25) is 0 Å². The molecule has 1 aromatic rings. The van der Waals surface area contributed by atoms with E-state index in [1.54, 1.807) is 0 Å². The number of amides is 2. The fraction of sp³-hybridized carbons (Fsp3) is 0.633. The average Bonchev–Trinajstić information content (AvgIpc) is 2.97. The van der Waals surface area contributed by atoms with Crippen LogP contribution in [0.5, 0.6) is 0 Å². The van der Waals surface area contributed by atoms with Crippen LogP contribution in [0.15, 0.2) is 30.3 Å². The van der Waals surface area contributed by atoms with Gasteiger partial charge in [-0.3, -0.25) is 9.59 Å². The second-order valence-corrected chi connectivity index (χ2v) is 11.3. The van der Waals surface area contributed by atoms with Crippen molar-refractivity contribution < 1.29 is 78.8 Å². The first-order chi connectivity index (χ1) is 23.1. The van der Waals surface area contributed by atoms with E-state index in [1.165, 1.54) is 19.3 Å². The summed E-state index contributed by atoms with van der Waals surface area (Å²) in [5, 5.41) is 27.2. The molecule has 0 radical (unpaired) electrons. The van der Waals surface area contributed by atoms with E-state index < -0.39 is 48.5 Å². The van der Waals surface area contributed by atoms with Gasteiger partial charge in [-0.25, -0.2) is 14.4 Å². The van der Waals surface area contributed by atoms with E-state index in [0.717, 1.165) is 24.9 Å². The van der Waals surface area contributed by atoms with Gasteiger partial charge in [-0.2, -0.15) is 39.5 Å². The number of nitrogens with two attached hydrogens (primary N) is 1. The Labute approximate surface area is 288 Å². The number of carbonyl (C=O) groups excluding carboxylic acids is 2. The van der Waals surface area contributed by atoms with Crippen molar-refractivity contribution in [3.05, 3.63) is 35.9 Å². The van der Waals surface area contributed by atoms with Gasteiger partial charge in [0.15, 0.2) is 0 Å². The first-order valence-corrected chi connectivity index (χ1v) is 15.0. The molecule has 2 atom stereocenters. The molecular weight excluding hydrogens is 715 g/mol. The van der Waals surface area contributed by atoms with Gasteiger partial charge in [0.25, 0.3) is 0 Å². The molecule has 1 aromatic carbocycles. The molecular formula is C30H45F9N4O8. The van der Waals surface area contributed by atoms with Crippen molar-refractivity contribution in [1.29, 1.82) is 0 Å². The topological polar surface area (TPSA) is 199 Å². The lowest BCUT2D eigenvalue weighted by atomic mass is 10.0. The first kappa shape index (κ1) is 51.2. The number of unbranched alkanes of at least 4 members (excludes halogenated alkanes) is 4. The number of alkyl halides is 9. The van der Waals surface area contributed by atoms with Gasteiger partial charge >= 0.3 is 36.4 Å². The number of carboxylic acids is 3. The van der Waals surface area contributed by atoms with Crippen LogP contribution in [-0.4, -0.2) is 108 Å². The molecule has 2 amide bonds. The number of hydrogen-bond acceptors (Lipinski definition) is 7. The van der Waals surface area contributed by atoms with E-state index >= 15 is 0 Å². The first-order valence-electron chi connectivity index (χ1n) is 15.0. The summed E-state index contributed by atoms with van der Waals surface area (Å²) >= 11 is 0.